The third-order valence-electron chi connectivity index (χ3n) is 6.96. The van der Waals surface area contributed by atoms with Gasteiger partial charge in [-0.1, -0.05) is 97.1 Å². The Morgan fingerprint density at radius 1 is 0.432 bits per heavy atom. The molecule has 0 saturated carbocycles. The van der Waals surface area contributed by atoms with Gasteiger partial charge in [-0.3, -0.25) is 0 Å². The van der Waals surface area contributed by atoms with Crippen molar-refractivity contribution < 1.29 is 21.1 Å². The molecule has 0 bridgehead atoms. The Bertz CT molecular complexity index is 1900. The van der Waals surface area contributed by atoms with E-state index in [1.165, 1.54) is 0 Å². The fraction of sp³-hybridized carbons (Fsp3) is 0. The Balaban J connectivity index is 0.00000231. The van der Waals surface area contributed by atoms with Crippen molar-refractivity contribution in [1.82, 2.24) is 19.9 Å². The van der Waals surface area contributed by atoms with E-state index in [1.54, 1.807) is 0 Å². The molecule has 4 nitrogen and oxygen atoms in total. The molecule has 0 unspecified atom stereocenters. The summed E-state index contributed by atoms with van der Waals surface area (Å²) in [6.07, 6.45) is 0. The maximum atomic E-state index is 5.14. The summed E-state index contributed by atoms with van der Waals surface area (Å²) in [4.78, 5) is 19.9. The summed E-state index contributed by atoms with van der Waals surface area (Å²) in [7, 11) is 0. The van der Waals surface area contributed by atoms with Gasteiger partial charge in [0, 0.05) is 27.5 Å². The van der Waals surface area contributed by atoms with Crippen LogP contribution in [0.1, 0.15) is 0 Å². The fourth-order valence-electron chi connectivity index (χ4n) is 5.17. The molecular weight excluding hydrogens is 635 g/mol. The van der Waals surface area contributed by atoms with Gasteiger partial charge in [0.05, 0.1) is 11.0 Å². The quantitative estimate of drug-likeness (QED) is 0.182. The van der Waals surface area contributed by atoms with E-state index in [0.717, 1.165) is 77.2 Å². The van der Waals surface area contributed by atoms with Crippen LogP contribution in [-0.2, 0) is 21.1 Å². The van der Waals surface area contributed by atoms with Crippen molar-refractivity contribution in [2.45, 2.75) is 0 Å². The van der Waals surface area contributed by atoms with Crippen molar-refractivity contribution in [3.8, 4) is 22.8 Å². The van der Waals surface area contributed by atoms with Crippen LogP contribution in [-0.4, -0.2) is 9.97 Å². The Morgan fingerprint density at radius 3 is 1.35 bits per heavy atom. The van der Waals surface area contributed by atoms with Gasteiger partial charge in [0.15, 0.2) is 0 Å². The van der Waals surface area contributed by atoms with Crippen LogP contribution in [0.2, 0.25) is 0 Å². The van der Waals surface area contributed by atoms with Crippen LogP contribution in [0.4, 0.5) is 0 Å². The van der Waals surface area contributed by atoms with E-state index in [4.69, 9.17) is 19.9 Å². The minimum Gasteiger partial charge on any atom is -0.656 e. The molecule has 4 aromatic carbocycles. The third-order valence-corrected chi connectivity index (χ3v) is 6.96. The van der Waals surface area contributed by atoms with Gasteiger partial charge >= 0.3 is 21.1 Å². The van der Waals surface area contributed by atoms with E-state index in [2.05, 4.69) is 72.8 Å². The molecule has 0 aliphatic heterocycles. The molecule has 0 atom stereocenters. The second-order valence-corrected chi connectivity index (χ2v) is 9.17. The number of hydrogen-bond acceptors (Lipinski definition) is 2. The maximum absolute atomic E-state index is 5.14. The topological polar surface area (TPSA) is 54.0 Å². The van der Waals surface area contributed by atoms with Gasteiger partial charge in [0.1, 0.15) is 0 Å². The van der Waals surface area contributed by atoms with Crippen LogP contribution in [0.3, 0.4) is 0 Å². The summed E-state index contributed by atoms with van der Waals surface area (Å²) >= 11 is 0. The number of nitrogens with zero attached hydrogens (tertiary/aromatic N) is 4. The first-order valence-electron chi connectivity index (χ1n) is 12.0. The van der Waals surface area contributed by atoms with Crippen LogP contribution in [0.5, 0.6) is 0 Å². The average molecular weight is 654 g/mol. The molecule has 176 valence electrons. The number of rotatable bonds is 2. The second kappa shape index (κ2) is 8.40. The SMILES string of the molecule is [Pt+2].c1ccc2[n-]c(-c3ccc4ccc5ccc6ccc(-c7cc8ccccc8[n-]7)nc6c5c4n3)cc2c1. The van der Waals surface area contributed by atoms with Gasteiger partial charge in [-0.05, 0) is 28.3 Å². The number of hydrogen-bond donors (Lipinski definition) is 0. The largest absolute Gasteiger partial charge is 2.00 e. The number of benzene rings is 4. The van der Waals surface area contributed by atoms with E-state index in [-0.39, 0.29) is 21.1 Å². The molecule has 0 saturated heterocycles. The summed E-state index contributed by atoms with van der Waals surface area (Å²) < 4.78 is 0. The molecule has 0 radical (unpaired) electrons. The van der Waals surface area contributed by atoms with E-state index < -0.39 is 0 Å². The molecular formula is C32H18N4Pt. The first-order chi connectivity index (χ1) is 17.8. The molecule has 8 rings (SSSR count). The monoisotopic (exact) mass is 653 g/mol. The summed E-state index contributed by atoms with van der Waals surface area (Å²) in [5.41, 5.74) is 7.35. The molecule has 0 aliphatic carbocycles. The molecule has 37 heavy (non-hydrogen) atoms. The molecule has 0 amide bonds. The first-order valence-corrected chi connectivity index (χ1v) is 12.0. The predicted octanol–water partition coefficient (Wildman–Crippen LogP) is 7.49. The summed E-state index contributed by atoms with van der Waals surface area (Å²) in [5.74, 6) is 0. The van der Waals surface area contributed by atoms with Gasteiger partial charge < -0.3 is 9.97 Å². The molecule has 0 spiro atoms. The zero-order valence-corrected chi connectivity index (χ0v) is 21.8. The van der Waals surface area contributed by atoms with Gasteiger partial charge in [0.2, 0.25) is 0 Å². The van der Waals surface area contributed by atoms with Gasteiger partial charge in [-0.25, -0.2) is 9.97 Å². The van der Waals surface area contributed by atoms with Crippen LogP contribution < -0.4 is 9.97 Å². The minimum absolute atomic E-state index is 0. The normalized spacial score (nSPS) is 11.6. The van der Waals surface area contributed by atoms with Crippen molar-refractivity contribution >= 4 is 54.4 Å². The first kappa shape index (κ1) is 22.0. The van der Waals surface area contributed by atoms with Crippen LogP contribution in [0, 0.1) is 0 Å². The number of para-hydroxylation sites is 2. The van der Waals surface area contributed by atoms with Crippen LogP contribution in [0.25, 0.3) is 77.2 Å². The van der Waals surface area contributed by atoms with Crippen molar-refractivity contribution in [3.05, 3.63) is 109 Å². The van der Waals surface area contributed by atoms with Gasteiger partial charge in [0.25, 0.3) is 0 Å². The smallest absolute Gasteiger partial charge is 0.656 e. The zero-order valence-electron chi connectivity index (χ0n) is 19.5. The van der Waals surface area contributed by atoms with Gasteiger partial charge in [-0.15, -0.1) is 22.4 Å². The van der Waals surface area contributed by atoms with Crippen LogP contribution >= 0.6 is 0 Å². The van der Waals surface area contributed by atoms with Crippen molar-refractivity contribution in [3.63, 3.8) is 0 Å². The number of aromatic nitrogens is 4. The van der Waals surface area contributed by atoms with Crippen molar-refractivity contribution in [2.75, 3.05) is 0 Å². The molecule has 0 aliphatic rings. The third kappa shape index (κ3) is 3.48. The van der Waals surface area contributed by atoms with E-state index in [0.29, 0.717) is 0 Å². The molecule has 4 heterocycles. The van der Waals surface area contributed by atoms with Crippen molar-refractivity contribution in [2.24, 2.45) is 0 Å². The Morgan fingerprint density at radius 2 is 0.865 bits per heavy atom. The summed E-state index contributed by atoms with van der Waals surface area (Å²) in [6.45, 7) is 0. The van der Waals surface area contributed by atoms with Crippen molar-refractivity contribution in [1.29, 1.82) is 0 Å². The Kier molecular flexibility index (Phi) is 4.99. The number of fused-ring (bicyclic) bond motifs is 7. The predicted molar refractivity (Wildman–Crippen MR) is 147 cm³/mol. The minimum atomic E-state index is 0. The molecule has 4 aromatic heterocycles. The molecule has 5 heteroatoms. The zero-order chi connectivity index (χ0) is 23.6. The fourth-order valence-corrected chi connectivity index (χ4v) is 5.17. The second-order valence-electron chi connectivity index (χ2n) is 9.17. The van der Waals surface area contributed by atoms with E-state index in [9.17, 15) is 0 Å². The summed E-state index contributed by atoms with van der Waals surface area (Å²) in [5, 5.41) is 6.59. The Hall–Kier alpha value is -4.27. The Labute approximate surface area is 226 Å². The van der Waals surface area contributed by atoms with Crippen LogP contribution in [0.15, 0.2) is 109 Å². The van der Waals surface area contributed by atoms with E-state index in [1.807, 2.05) is 36.4 Å². The molecule has 8 aromatic rings. The average Bonchev–Trinajstić information content (AvgIpc) is 3.56. The maximum Gasteiger partial charge on any atom is 2.00 e. The standard InChI is InChI=1S/C32H18N4.Pt/c1-3-7-24-22(5-1)17-28(33-24)26-15-13-20-11-9-19-10-12-21-14-16-27(36-32(21)30(19)31(20)35-26)29-18-23-6-2-4-8-25(23)34-29;/h1-18H;/q-2;+2. The van der Waals surface area contributed by atoms with E-state index >= 15 is 0 Å². The van der Waals surface area contributed by atoms with Gasteiger partial charge in [-0.2, -0.15) is 0 Å². The summed E-state index contributed by atoms with van der Waals surface area (Å²) in [6, 6.07) is 37.5. The number of pyridine rings is 2. The molecule has 0 fully saturated rings. The molecule has 0 N–H and O–H groups in total.